The van der Waals surface area contributed by atoms with E-state index in [1.165, 1.54) is 11.1 Å². The Hall–Kier alpha value is -2.17. The highest BCUT2D eigenvalue weighted by Gasteiger charge is 2.17. The Kier molecular flexibility index (Phi) is 3.64. The first kappa shape index (κ1) is 13.3. The smallest absolute Gasteiger partial charge is 0.358 e. The van der Waals surface area contributed by atoms with E-state index < -0.39 is 5.97 Å². The van der Waals surface area contributed by atoms with Gasteiger partial charge in [-0.15, -0.1) is 5.10 Å². The van der Waals surface area contributed by atoms with Crippen molar-refractivity contribution in [1.29, 1.82) is 0 Å². The molecule has 0 amide bonds. The molecule has 0 radical (unpaired) electrons. The predicted octanol–water partition coefficient (Wildman–Crippen LogP) is 2.20. The van der Waals surface area contributed by atoms with Gasteiger partial charge in [0.1, 0.15) is 0 Å². The van der Waals surface area contributed by atoms with Gasteiger partial charge in [0, 0.05) is 0 Å². The van der Waals surface area contributed by atoms with Crippen molar-refractivity contribution in [3.8, 4) is 0 Å². The van der Waals surface area contributed by atoms with E-state index in [0.717, 1.165) is 5.56 Å². The monoisotopic (exact) mass is 259 g/mol. The fraction of sp³-hybridized carbons (Fsp3) is 0.357. The van der Waals surface area contributed by atoms with E-state index >= 15 is 0 Å². The first-order valence-electron chi connectivity index (χ1n) is 6.24. The van der Waals surface area contributed by atoms with Crippen LogP contribution in [0.25, 0.3) is 0 Å². The quantitative estimate of drug-likeness (QED) is 0.914. The molecule has 5 heteroatoms. The molecular weight excluding hydrogens is 242 g/mol. The number of hydrogen-bond acceptors (Lipinski definition) is 3. The maximum absolute atomic E-state index is 11.1. The maximum Gasteiger partial charge on any atom is 0.358 e. The molecule has 2 rings (SSSR count). The van der Waals surface area contributed by atoms with Gasteiger partial charge in [0.25, 0.3) is 0 Å². The number of aryl methyl sites for hydroxylation is 2. The van der Waals surface area contributed by atoms with Crippen LogP contribution in [0.15, 0.2) is 18.2 Å². The molecule has 5 nitrogen and oxygen atoms in total. The van der Waals surface area contributed by atoms with Gasteiger partial charge in [-0.3, -0.25) is 0 Å². The molecule has 0 unspecified atom stereocenters. The lowest BCUT2D eigenvalue weighted by Crippen LogP contribution is -2.09. The summed E-state index contributed by atoms with van der Waals surface area (Å²) in [5.41, 5.74) is 4.19. The minimum Gasteiger partial charge on any atom is -0.476 e. The third-order valence-corrected chi connectivity index (χ3v) is 3.20. The molecule has 0 saturated carbocycles. The van der Waals surface area contributed by atoms with Crippen LogP contribution < -0.4 is 0 Å². The summed E-state index contributed by atoms with van der Waals surface area (Å²) >= 11 is 0. The number of carboxylic acids is 1. The maximum atomic E-state index is 11.1. The van der Waals surface area contributed by atoms with E-state index in [4.69, 9.17) is 5.11 Å². The van der Waals surface area contributed by atoms with Crippen LogP contribution in [0.5, 0.6) is 0 Å². The minimum absolute atomic E-state index is 0.0489. The summed E-state index contributed by atoms with van der Waals surface area (Å²) in [6, 6.07) is 6.21. The SMILES string of the molecule is CCc1c(C(=O)O)nnn1Cc1cc(C)ccc1C. The molecule has 0 saturated heterocycles. The molecule has 1 aromatic carbocycles. The van der Waals surface area contributed by atoms with Crippen molar-refractivity contribution < 1.29 is 9.90 Å². The van der Waals surface area contributed by atoms with Gasteiger partial charge < -0.3 is 5.11 Å². The first-order valence-corrected chi connectivity index (χ1v) is 6.24. The normalized spacial score (nSPS) is 10.7. The Balaban J connectivity index is 2.38. The first-order chi connectivity index (χ1) is 9.02. The highest BCUT2D eigenvalue weighted by molar-refractivity contribution is 5.86. The summed E-state index contributed by atoms with van der Waals surface area (Å²) in [7, 11) is 0. The fourth-order valence-corrected chi connectivity index (χ4v) is 2.11. The van der Waals surface area contributed by atoms with Crippen molar-refractivity contribution in [3.63, 3.8) is 0 Å². The lowest BCUT2D eigenvalue weighted by molar-refractivity contribution is 0.0689. The molecule has 1 N–H and O–H groups in total. The highest BCUT2D eigenvalue weighted by Crippen LogP contribution is 2.14. The van der Waals surface area contributed by atoms with E-state index in [0.29, 0.717) is 18.7 Å². The Morgan fingerprint density at radius 3 is 2.74 bits per heavy atom. The van der Waals surface area contributed by atoms with E-state index in [2.05, 4.69) is 28.5 Å². The Bertz CT molecular complexity index is 617. The van der Waals surface area contributed by atoms with Crippen molar-refractivity contribution in [2.24, 2.45) is 0 Å². The standard InChI is InChI=1S/C14H17N3O2/c1-4-12-13(14(18)19)15-16-17(12)8-11-7-9(2)5-6-10(11)3/h5-7H,4,8H2,1-3H3,(H,18,19). The number of aromatic carboxylic acids is 1. The molecule has 0 fully saturated rings. The summed E-state index contributed by atoms with van der Waals surface area (Å²) in [5.74, 6) is -1.02. The van der Waals surface area contributed by atoms with Crippen LogP contribution in [0.1, 0.15) is 39.8 Å². The molecule has 0 aliphatic heterocycles. The molecule has 2 aromatic rings. The van der Waals surface area contributed by atoms with E-state index in [1.54, 1.807) is 4.68 Å². The Labute approximate surface area is 111 Å². The van der Waals surface area contributed by atoms with E-state index in [1.807, 2.05) is 20.8 Å². The van der Waals surface area contributed by atoms with Crippen LogP contribution in [0.2, 0.25) is 0 Å². The molecule has 0 spiro atoms. The molecule has 1 heterocycles. The summed E-state index contributed by atoms with van der Waals surface area (Å²) in [5, 5.41) is 16.8. The molecule has 1 aromatic heterocycles. The van der Waals surface area contributed by atoms with Gasteiger partial charge in [0.05, 0.1) is 12.2 Å². The van der Waals surface area contributed by atoms with Crippen LogP contribution in [0.3, 0.4) is 0 Å². The van der Waals surface area contributed by atoms with Gasteiger partial charge in [-0.2, -0.15) is 0 Å². The molecular formula is C14H17N3O2. The molecule has 0 aliphatic rings. The second-order valence-corrected chi connectivity index (χ2v) is 4.63. The second-order valence-electron chi connectivity index (χ2n) is 4.63. The largest absolute Gasteiger partial charge is 0.476 e. The molecule has 19 heavy (non-hydrogen) atoms. The number of rotatable bonds is 4. The van der Waals surface area contributed by atoms with Gasteiger partial charge in [0.2, 0.25) is 0 Å². The van der Waals surface area contributed by atoms with Gasteiger partial charge in [-0.1, -0.05) is 35.9 Å². The molecule has 100 valence electrons. The zero-order valence-corrected chi connectivity index (χ0v) is 11.3. The third kappa shape index (κ3) is 2.65. The number of benzene rings is 1. The number of nitrogens with zero attached hydrogens (tertiary/aromatic N) is 3. The molecule has 0 aliphatic carbocycles. The van der Waals surface area contributed by atoms with Gasteiger partial charge in [-0.25, -0.2) is 9.48 Å². The van der Waals surface area contributed by atoms with Crippen molar-refractivity contribution in [2.45, 2.75) is 33.7 Å². The predicted molar refractivity (Wildman–Crippen MR) is 71.4 cm³/mol. The van der Waals surface area contributed by atoms with Crippen LogP contribution in [0, 0.1) is 13.8 Å². The Morgan fingerprint density at radius 2 is 2.11 bits per heavy atom. The van der Waals surface area contributed by atoms with Crippen molar-refractivity contribution in [1.82, 2.24) is 15.0 Å². The average molecular weight is 259 g/mol. The zero-order valence-electron chi connectivity index (χ0n) is 11.3. The minimum atomic E-state index is -1.02. The van der Waals surface area contributed by atoms with E-state index in [9.17, 15) is 4.79 Å². The fourth-order valence-electron chi connectivity index (χ4n) is 2.11. The van der Waals surface area contributed by atoms with Gasteiger partial charge in [0.15, 0.2) is 5.69 Å². The highest BCUT2D eigenvalue weighted by atomic mass is 16.4. The lowest BCUT2D eigenvalue weighted by atomic mass is 10.1. The van der Waals surface area contributed by atoms with Gasteiger partial charge in [-0.05, 0) is 31.4 Å². The lowest BCUT2D eigenvalue weighted by Gasteiger charge is -2.09. The molecule has 0 atom stereocenters. The Morgan fingerprint density at radius 1 is 1.37 bits per heavy atom. The number of hydrogen-bond donors (Lipinski definition) is 1. The summed E-state index contributed by atoms with van der Waals surface area (Å²) in [4.78, 5) is 11.1. The third-order valence-electron chi connectivity index (χ3n) is 3.20. The average Bonchev–Trinajstić information content (AvgIpc) is 2.76. The van der Waals surface area contributed by atoms with Crippen molar-refractivity contribution in [2.75, 3.05) is 0 Å². The summed E-state index contributed by atoms with van der Waals surface area (Å²) in [6.45, 7) is 6.53. The van der Waals surface area contributed by atoms with Crippen LogP contribution in [0.4, 0.5) is 0 Å². The van der Waals surface area contributed by atoms with Gasteiger partial charge >= 0.3 is 5.97 Å². The summed E-state index contributed by atoms with van der Waals surface area (Å²) in [6.07, 6.45) is 0.597. The second kappa shape index (κ2) is 5.22. The zero-order chi connectivity index (χ0) is 14.0. The topological polar surface area (TPSA) is 68.0 Å². The van der Waals surface area contributed by atoms with Crippen LogP contribution in [-0.4, -0.2) is 26.1 Å². The molecule has 0 bridgehead atoms. The number of carboxylic acid groups (broad SMARTS) is 1. The summed E-state index contributed by atoms with van der Waals surface area (Å²) < 4.78 is 1.67. The van der Waals surface area contributed by atoms with Crippen LogP contribution in [-0.2, 0) is 13.0 Å². The van der Waals surface area contributed by atoms with Crippen LogP contribution >= 0.6 is 0 Å². The number of carbonyl (C=O) groups is 1. The van der Waals surface area contributed by atoms with Crippen molar-refractivity contribution in [3.05, 3.63) is 46.3 Å². The number of aromatic nitrogens is 3. The van der Waals surface area contributed by atoms with E-state index in [-0.39, 0.29) is 5.69 Å². The van der Waals surface area contributed by atoms with Crippen molar-refractivity contribution >= 4 is 5.97 Å².